The molecule has 0 spiro atoms. The molecule has 1 aromatic carbocycles. The van der Waals surface area contributed by atoms with Gasteiger partial charge in [-0.05, 0) is 50.1 Å². The molecule has 1 N–H and O–H groups in total. The van der Waals surface area contributed by atoms with Crippen molar-refractivity contribution in [2.45, 2.75) is 32.9 Å². The summed E-state index contributed by atoms with van der Waals surface area (Å²) in [6, 6.07) is 7.55. The molecular weight excluding hydrogens is 344 g/mol. The summed E-state index contributed by atoms with van der Waals surface area (Å²) in [6.07, 6.45) is 4.40. The predicted octanol–water partition coefficient (Wildman–Crippen LogP) is 3.54. The van der Waals surface area contributed by atoms with Crippen molar-refractivity contribution in [3.8, 4) is 5.75 Å². The third-order valence-electron chi connectivity index (χ3n) is 4.87. The standard InChI is InChI=1S/C21H22N2O4/c1-13-5-7-22-10-15(13)11-26-17-3-4-19-18(9-17)20(14(2)27-19)21(24)23-16-6-8-25-12-16/h3-5,7,9-10,16H,6,8,11-12H2,1-2H3,(H,23,24). The fourth-order valence-electron chi connectivity index (χ4n) is 3.29. The Morgan fingerprint density at radius 1 is 1.33 bits per heavy atom. The number of pyridine rings is 1. The Kier molecular flexibility index (Phi) is 4.81. The number of rotatable bonds is 5. The van der Waals surface area contributed by atoms with Gasteiger partial charge in [-0.2, -0.15) is 0 Å². The number of hydrogen-bond acceptors (Lipinski definition) is 5. The highest BCUT2D eigenvalue weighted by atomic mass is 16.5. The van der Waals surface area contributed by atoms with E-state index in [1.807, 2.05) is 31.2 Å². The van der Waals surface area contributed by atoms with Crippen LogP contribution in [0.4, 0.5) is 0 Å². The number of hydrogen-bond donors (Lipinski definition) is 1. The second kappa shape index (κ2) is 7.40. The molecule has 1 aliphatic heterocycles. The van der Waals surface area contributed by atoms with Gasteiger partial charge in [-0.15, -0.1) is 0 Å². The van der Waals surface area contributed by atoms with E-state index in [0.717, 1.165) is 22.9 Å². The van der Waals surface area contributed by atoms with Crippen molar-refractivity contribution in [3.05, 3.63) is 59.1 Å². The van der Waals surface area contributed by atoms with Crippen LogP contribution in [0, 0.1) is 13.8 Å². The van der Waals surface area contributed by atoms with Crippen molar-refractivity contribution >= 4 is 16.9 Å². The molecule has 0 saturated carbocycles. The van der Waals surface area contributed by atoms with Crippen molar-refractivity contribution < 1.29 is 18.7 Å². The van der Waals surface area contributed by atoms with Crippen molar-refractivity contribution in [1.82, 2.24) is 10.3 Å². The van der Waals surface area contributed by atoms with Crippen LogP contribution in [0.1, 0.15) is 33.7 Å². The first kappa shape index (κ1) is 17.5. The molecule has 1 saturated heterocycles. The van der Waals surface area contributed by atoms with Gasteiger partial charge in [-0.1, -0.05) is 0 Å². The minimum atomic E-state index is -0.137. The molecule has 27 heavy (non-hydrogen) atoms. The number of aryl methyl sites for hydroxylation is 2. The molecule has 0 bridgehead atoms. The van der Waals surface area contributed by atoms with E-state index in [4.69, 9.17) is 13.9 Å². The molecule has 0 radical (unpaired) electrons. The van der Waals surface area contributed by atoms with Crippen molar-refractivity contribution in [3.63, 3.8) is 0 Å². The number of aromatic nitrogens is 1. The van der Waals surface area contributed by atoms with Gasteiger partial charge in [0.05, 0.1) is 18.2 Å². The second-order valence-electron chi connectivity index (χ2n) is 6.82. The van der Waals surface area contributed by atoms with Gasteiger partial charge in [-0.25, -0.2) is 0 Å². The second-order valence-corrected chi connectivity index (χ2v) is 6.82. The smallest absolute Gasteiger partial charge is 0.255 e. The van der Waals surface area contributed by atoms with Gasteiger partial charge in [0, 0.05) is 30.0 Å². The fraction of sp³-hybridized carbons (Fsp3) is 0.333. The number of ether oxygens (including phenoxy) is 2. The van der Waals surface area contributed by atoms with Gasteiger partial charge in [0.25, 0.3) is 5.91 Å². The lowest BCUT2D eigenvalue weighted by Gasteiger charge is -2.11. The van der Waals surface area contributed by atoms with E-state index in [1.165, 1.54) is 0 Å². The van der Waals surface area contributed by atoms with E-state index in [9.17, 15) is 4.79 Å². The average Bonchev–Trinajstić information content (AvgIpc) is 3.27. The SMILES string of the molecule is Cc1ccncc1COc1ccc2oc(C)c(C(=O)NC3CCOC3)c2c1. The zero-order valence-corrected chi connectivity index (χ0v) is 15.5. The number of nitrogens with zero attached hydrogens (tertiary/aromatic N) is 1. The normalized spacial score (nSPS) is 16.6. The summed E-state index contributed by atoms with van der Waals surface area (Å²) in [4.78, 5) is 16.9. The van der Waals surface area contributed by atoms with E-state index in [0.29, 0.717) is 42.5 Å². The van der Waals surface area contributed by atoms with Crippen LogP contribution in [0.5, 0.6) is 5.75 Å². The number of fused-ring (bicyclic) bond motifs is 1. The molecule has 6 nitrogen and oxygen atoms in total. The third kappa shape index (κ3) is 3.66. The van der Waals surface area contributed by atoms with Crippen LogP contribution in [0.15, 0.2) is 41.1 Å². The average molecular weight is 366 g/mol. The summed E-state index contributed by atoms with van der Waals surface area (Å²) in [5.41, 5.74) is 3.38. The predicted molar refractivity (Wildman–Crippen MR) is 101 cm³/mol. The molecule has 2 aromatic heterocycles. The lowest BCUT2D eigenvalue weighted by atomic mass is 10.1. The molecule has 3 aromatic rings. The molecular formula is C21H22N2O4. The number of carbonyl (C=O) groups excluding carboxylic acids is 1. The molecule has 3 heterocycles. The molecule has 0 aliphatic carbocycles. The fourth-order valence-corrected chi connectivity index (χ4v) is 3.29. The quantitative estimate of drug-likeness (QED) is 0.748. The first-order chi connectivity index (χ1) is 13.1. The monoisotopic (exact) mass is 366 g/mol. The Bertz CT molecular complexity index is 973. The minimum absolute atomic E-state index is 0.0508. The van der Waals surface area contributed by atoms with Crippen LogP contribution < -0.4 is 10.1 Å². The van der Waals surface area contributed by atoms with Gasteiger partial charge in [0.1, 0.15) is 23.7 Å². The molecule has 1 amide bonds. The van der Waals surface area contributed by atoms with Crippen LogP contribution in [0.2, 0.25) is 0 Å². The topological polar surface area (TPSA) is 73.6 Å². The molecule has 4 rings (SSSR count). The van der Waals surface area contributed by atoms with Gasteiger partial charge >= 0.3 is 0 Å². The summed E-state index contributed by atoms with van der Waals surface area (Å²) < 4.78 is 17.0. The van der Waals surface area contributed by atoms with Crippen LogP contribution in [0.25, 0.3) is 11.0 Å². The van der Waals surface area contributed by atoms with Gasteiger partial charge in [-0.3, -0.25) is 9.78 Å². The Balaban J connectivity index is 1.57. The minimum Gasteiger partial charge on any atom is -0.489 e. The summed E-state index contributed by atoms with van der Waals surface area (Å²) >= 11 is 0. The number of nitrogens with one attached hydrogen (secondary N) is 1. The highest BCUT2D eigenvalue weighted by Gasteiger charge is 2.23. The number of carbonyl (C=O) groups is 1. The maximum absolute atomic E-state index is 12.8. The van der Waals surface area contributed by atoms with E-state index in [-0.39, 0.29) is 11.9 Å². The van der Waals surface area contributed by atoms with Crippen molar-refractivity contribution in [2.24, 2.45) is 0 Å². The maximum Gasteiger partial charge on any atom is 0.255 e. The first-order valence-corrected chi connectivity index (χ1v) is 9.06. The van der Waals surface area contributed by atoms with Crippen LogP contribution in [-0.4, -0.2) is 30.1 Å². The Hall–Kier alpha value is -2.86. The summed E-state index contributed by atoms with van der Waals surface area (Å²) in [5, 5.41) is 3.78. The summed E-state index contributed by atoms with van der Waals surface area (Å²) in [5.74, 6) is 1.15. The number of amides is 1. The van der Waals surface area contributed by atoms with E-state index >= 15 is 0 Å². The van der Waals surface area contributed by atoms with Crippen LogP contribution in [-0.2, 0) is 11.3 Å². The summed E-state index contributed by atoms with van der Waals surface area (Å²) in [7, 11) is 0. The largest absolute Gasteiger partial charge is 0.489 e. The van der Waals surface area contributed by atoms with E-state index < -0.39 is 0 Å². The molecule has 1 aliphatic rings. The van der Waals surface area contributed by atoms with E-state index in [2.05, 4.69) is 10.3 Å². The van der Waals surface area contributed by atoms with Crippen molar-refractivity contribution in [1.29, 1.82) is 0 Å². The van der Waals surface area contributed by atoms with Gasteiger partial charge in [0.2, 0.25) is 0 Å². The molecule has 6 heteroatoms. The maximum atomic E-state index is 12.8. The highest BCUT2D eigenvalue weighted by molar-refractivity contribution is 6.07. The Labute approximate surface area is 157 Å². The molecule has 1 unspecified atom stereocenters. The lowest BCUT2D eigenvalue weighted by Crippen LogP contribution is -2.35. The number of benzene rings is 1. The molecule has 1 fully saturated rings. The first-order valence-electron chi connectivity index (χ1n) is 9.06. The third-order valence-corrected chi connectivity index (χ3v) is 4.87. The Morgan fingerprint density at radius 2 is 2.22 bits per heavy atom. The lowest BCUT2D eigenvalue weighted by molar-refractivity contribution is 0.0930. The number of furan rings is 1. The van der Waals surface area contributed by atoms with Crippen LogP contribution in [0.3, 0.4) is 0 Å². The molecule has 140 valence electrons. The summed E-state index contributed by atoms with van der Waals surface area (Å²) in [6.45, 7) is 5.49. The van der Waals surface area contributed by atoms with E-state index in [1.54, 1.807) is 19.3 Å². The Morgan fingerprint density at radius 3 is 3.00 bits per heavy atom. The molecule has 1 atom stereocenters. The van der Waals surface area contributed by atoms with Crippen molar-refractivity contribution in [2.75, 3.05) is 13.2 Å². The van der Waals surface area contributed by atoms with Gasteiger partial charge in [0.15, 0.2) is 0 Å². The zero-order chi connectivity index (χ0) is 18.8. The van der Waals surface area contributed by atoms with Gasteiger partial charge < -0.3 is 19.2 Å². The zero-order valence-electron chi connectivity index (χ0n) is 15.5. The van der Waals surface area contributed by atoms with Crippen LogP contribution >= 0.6 is 0 Å². The highest BCUT2D eigenvalue weighted by Crippen LogP contribution is 2.29.